The van der Waals surface area contributed by atoms with Crippen LogP contribution in [0.5, 0.6) is 0 Å². The number of likely N-dealkylation sites (N-methyl/N-ethyl adjacent to an activating group) is 1. The summed E-state index contributed by atoms with van der Waals surface area (Å²) in [6.07, 6.45) is 28.8. The number of carboxylic acids is 1. The molecule has 2 atom stereocenters. The highest BCUT2D eigenvalue weighted by Crippen LogP contribution is 2.10. The van der Waals surface area contributed by atoms with Gasteiger partial charge in [0.05, 0.1) is 40.3 Å². The van der Waals surface area contributed by atoms with Gasteiger partial charge in [-0.05, 0) is 57.8 Å². The minimum atomic E-state index is -1.14. The Morgan fingerprint density at radius 2 is 1.32 bits per heavy atom. The van der Waals surface area contributed by atoms with Crippen molar-refractivity contribution in [2.75, 3.05) is 41.0 Å². The molecule has 0 saturated carbocycles. The first-order valence-electron chi connectivity index (χ1n) is 16.7. The predicted molar refractivity (Wildman–Crippen MR) is 176 cm³/mol. The topological polar surface area (TPSA) is 102 Å². The van der Waals surface area contributed by atoms with E-state index in [9.17, 15) is 19.5 Å². The van der Waals surface area contributed by atoms with Crippen LogP contribution in [-0.2, 0) is 28.6 Å². The number of allylic oxidation sites excluding steroid dienone is 8. The van der Waals surface area contributed by atoms with E-state index in [0.717, 1.165) is 44.9 Å². The van der Waals surface area contributed by atoms with Crippen molar-refractivity contribution < 1.29 is 38.2 Å². The maximum absolute atomic E-state index is 12.5. The summed E-state index contributed by atoms with van der Waals surface area (Å²) in [6.45, 7) is 4.37. The maximum atomic E-state index is 12.5. The number of carboxylic acid groups (broad SMARTS) is 1. The summed E-state index contributed by atoms with van der Waals surface area (Å²) < 4.78 is 16.9. The Labute approximate surface area is 267 Å². The maximum Gasteiger partial charge on any atom is 0.306 e. The monoisotopic (exact) mass is 619 g/mol. The van der Waals surface area contributed by atoms with Gasteiger partial charge in [-0.2, -0.15) is 0 Å². The second-order valence-electron chi connectivity index (χ2n) is 12.0. The van der Waals surface area contributed by atoms with E-state index in [1.165, 1.54) is 19.3 Å². The Balaban J connectivity index is 4.62. The number of rotatable bonds is 28. The number of aliphatic carboxylic acids is 1. The molecule has 0 rings (SSSR count). The molecule has 2 unspecified atom stereocenters. The second-order valence-corrected chi connectivity index (χ2v) is 12.0. The number of nitrogens with zero attached hydrogens (tertiary/aromatic N) is 1. The molecule has 0 saturated heterocycles. The Morgan fingerprint density at radius 1 is 0.705 bits per heavy atom. The number of quaternary nitrogens is 1. The normalized spacial score (nSPS) is 13.8. The average molecular weight is 620 g/mol. The lowest BCUT2D eigenvalue weighted by Gasteiger charge is -2.34. The Kier molecular flexibility index (Phi) is 26.1. The number of carbonyl (C=O) groups is 3. The second kappa shape index (κ2) is 27.8. The van der Waals surface area contributed by atoms with Crippen molar-refractivity contribution in [1.82, 2.24) is 0 Å². The van der Waals surface area contributed by atoms with Crippen molar-refractivity contribution in [3.63, 3.8) is 0 Å². The third-order valence-electron chi connectivity index (χ3n) is 6.96. The van der Waals surface area contributed by atoms with Gasteiger partial charge in [-0.1, -0.05) is 81.7 Å². The fraction of sp³-hybridized carbons (Fsp3) is 0.694. The minimum absolute atomic E-state index is 0.0120. The van der Waals surface area contributed by atoms with Gasteiger partial charge in [-0.15, -0.1) is 0 Å². The number of hydrogen-bond acceptors (Lipinski definition) is 7. The average Bonchev–Trinajstić information content (AvgIpc) is 2.96. The fourth-order valence-electron chi connectivity index (χ4n) is 4.33. The first-order chi connectivity index (χ1) is 21.1. The van der Waals surface area contributed by atoms with Crippen molar-refractivity contribution in [3.05, 3.63) is 48.6 Å². The lowest BCUT2D eigenvalue weighted by molar-refractivity contribution is -0.889. The molecule has 0 spiro atoms. The molecule has 0 heterocycles. The highest BCUT2D eigenvalue weighted by molar-refractivity contribution is 5.70. The predicted octanol–water partition coefficient (Wildman–Crippen LogP) is 6.40. The van der Waals surface area contributed by atoms with Crippen molar-refractivity contribution in [2.45, 2.75) is 122 Å². The van der Waals surface area contributed by atoms with Gasteiger partial charge in [0.2, 0.25) is 0 Å². The summed E-state index contributed by atoms with van der Waals surface area (Å²) in [5, 5.41) is 11.5. The number of hydrogen-bond donors (Lipinski definition) is 0. The van der Waals surface area contributed by atoms with Gasteiger partial charge in [0.25, 0.3) is 0 Å². The summed E-state index contributed by atoms with van der Waals surface area (Å²) in [5.41, 5.74) is 0. The molecule has 0 aliphatic heterocycles. The lowest BCUT2D eigenvalue weighted by Crippen LogP contribution is -2.55. The van der Waals surface area contributed by atoms with Crippen LogP contribution in [0.4, 0.5) is 0 Å². The molecule has 0 aromatic heterocycles. The Hall–Kier alpha value is -2.71. The van der Waals surface area contributed by atoms with Crippen LogP contribution in [0.25, 0.3) is 0 Å². The lowest BCUT2D eigenvalue weighted by atomic mass is 10.1. The van der Waals surface area contributed by atoms with E-state index in [0.29, 0.717) is 12.8 Å². The first kappa shape index (κ1) is 41.3. The molecule has 0 aliphatic rings. The van der Waals surface area contributed by atoms with Crippen LogP contribution in [0.2, 0.25) is 0 Å². The van der Waals surface area contributed by atoms with E-state index < -0.39 is 18.1 Å². The first-order valence-corrected chi connectivity index (χ1v) is 16.7. The molecule has 0 amide bonds. The highest BCUT2D eigenvalue weighted by atomic mass is 16.6. The van der Waals surface area contributed by atoms with Gasteiger partial charge in [-0.3, -0.25) is 9.59 Å². The summed E-state index contributed by atoms with van der Waals surface area (Å²) in [4.78, 5) is 36.3. The van der Waals surface area contributed by atoms with E-state index >= 15 is 0 Å². The van der Waals surface area contributed by atoms with Gasteiger partial charge in [-0.25, -0.2) is 0 Å². The minimum Gasteiger partial charge on any atom is -0.544 e. The van der Waals surface area contributed by atoms with Crippen molar-refractivity contribution in [1.29, 1.82) is 0 Å². The molecule has 8 heteroatoms. The van der Waals surface area contributed by atoms with Crippen LogP contribution in [0, 0.1) is 0 Å². The van der Waals surface area contributed by atoms with Crippen molar-refractivity contribution >= 4 is 17.9 Å². The molecule has 0 radical (unpaired) electrons. The summed E-state index contributed by atoms with van der Waals surface area (Å²) in [6, 6.07) is -0.735. The van der Waals surface area contributed by atoms with Crippen LogP contribution >= 0.6 is 0 Å². The molecule has 0 aromatic carbocycles. The summed E-state index contributed by atoms with van der Waals surface area (Å²) in [7, 11) is 5.35. The molecule has 252 valence electrons. The Morgan fingerprint density at radius 3 is 1.95 bits per heavy atom. The van der Waals surface area contributed by atoms with Gasteiger partial charge in [0, 0.05) is 19.3 Å². The zero-order valence-electron chi connectivity index (χ0n) is 28.3. The molecule has 8 nitrogen and oxygen atoms in total. The molecule has 0 bridgehead atoms. The number of ether oxygens (including phenoxy) is 3. The van der Waals surface area contributed by atoms with Crippen LogP contribution in [0.15, 0.2) is 48.6 Å². The van der Waals surface area contributed by atoms with E-state index in [-0.39, 0.29) is 55.5 Å². The van der Waals surface area contributed by atoms with E-state index in [2.05, 4.69) is 56.4 Å². The number of carbonyl (C=O) groups excluding carboxylic acids is 3. The summed E-state index contributed by atoms with van der Waals surface area (Å²) >= 11 is 0. The van der Waals surface area contributed by atoms with E-state index in [1.807, 2.05) is 6.08 Å². The SMILES string of the molecule is CC/C=C/C/C=C/C/C=C/CCCCC(=O)OC(COCCC(C(=O)[O-])[N+](C)(C)C)COC(=O)CC/C=C/CCCCCC. The largest absolute Gasteiger partial charge is 0.544 e. The highest BCUT2D eigenvalue weighted by Gasteiger charge is 2.25. The standard InChI is InChI=1S/C36H61NO7/c1-6-8-10-12-14-16-17-18-19-21-23-25-27-35(39)44-32(30-42-29-28-33(36(40)41)37(3,4)5)31-43-34(38)26-24-22-20-15-13-11-9-7-2/h8,10,14,16,18-20,22,32-33H,6-7,9,11-13,15,17,21,23-31H2,1-5H3/b10-8+,16-14+,19-18+,22-20+. The van der Waals surface area contributed by atoms with Crippen LogP contribution in [-0.4, -0.2) is 75.5 Å². The zero-order chi connectivity index (χ0) is 32.9. The molecular formula is C36H61NO7. The molecule has 44 heavy (non-hydrogen) atoms. The molecular weight excluding hydrogens is 558 g/mol. The smallest absolute Gasteiger partial charge is 0.306 e. The van der Waals surface area contributed by atoms with Gasteiger partial charge in [0.1, 0.15) is 12.6 Å². The van der Waals surface area contributed by atoms with Crippen LogP contribution < -0.4 is 5.11 Å². The molecule has 0 N–H and O–H groups in total. The van der Waals surface area contributed by atoms with E-state index in [4.69, 9.17) is 14.2 Å². The third kappa shape index (κ3) is 25.8. The Bertz CT molecular complexity index is 870. The van der Waals surface area contributed by atoms with Crippen molar-refractivity contribution in [2.24, 2.45) is 0 Å². The third-order valence-corrected chi connectivity index (χ3v) is 6.96. The van der Waals surface area contributed by atoms with Gasteiger partial charge in [0.15, 0.2) is 6.10 Å². The van der Waals surface area contributed by atoms with Gasteiger partial charge < -0.3 is 28.6 Å². The summed E-state index contributed by atoms with van der Waals surface area (Å²) in [5.74, 6) is -1.87. The molecule has 0 aliphatic carbocycles. The number of esters is 2. The number of unbranched alkanes of at least 4 members (excludes halogenated alkanes) is 6. The molecule has 0 aromatic rings. The molecule has 0 fully saturated rings. The van der Waals surface area contributed by atoms with Crippen molar-refractivity contribution in [3.8, 4) is 0 Å². The van der Waals surface area contributed by atoms with Crippen LogP contribution in [0.1, 0.15) is 110 Å². The van der Waals surface area contributed by atoms with Crippen LogP contribution in [0.3, 0.4) is 0 Å². The fourth-order valence-corrected chi connectivity index (χ4v) is 4.33. The van der Waals surface area contributed by atoms with Gasteiger partial charge >= 0.3 is 11.9 Å². The zero-order valence-corrected chi connectivity index (χ0v) is 28.3. The van der Waals surface area contributed by atoms with E-state index in [1.54, 1.807) is 21.1 Å². The quantitative estimate of drug-likeness (QED) is 0.0432.